The van der Waals surface area contributed by atoms with Crippen LogP contribution in [0.25, 0.3) is 0 Å². The Bertz CT molecular complexity index is 399. The van der Waals surface area contributed by atoms with Crippen molar-refractivity contribution in [3.05, 3.63) is 0 Å². The Morgan fingerprint density at radius 2 is 1.90 bits per heavy atom. The van der Waals surface area contributed by atoms with Crippen molar-refractivity contribution < 1.29 is 14.7 Å². The highest BCUT2D eigenvalue weighted by Crippen LogP contribution is 2.29. The second-order valence-corrected chi connectivity index (χ2v) is 7.05. The molecule has 0 aromatic heterocycles. The van der Waals surface area contributed by atoms with Crippen LogP contribution >= 0.6 is 0 Å². The van der Waals surface area contributed by atoms with E-state index in [1.54, 1.807) is 0 Å². The first-order valence-corrected chi connectivity index (χ1v) is 8.15. The van der Waals surface area contributed by atoms with E-state index in [4.69, 9.17) is 5.11 Å². The number of hydrogen-bond donors (Lipinski definition) is 1. The normalized spacial score (nSPS) is 33.9. The van der Waals surface area contributed by atoms with E-state index < -0.39 is 5.97 Å². The van der Waals surface area contributed by atoms with Crippen LogP contribution in [0.15, 0.2) is 0 Å². The highest BCUT2D eigenvalue weighted by Gasteiger charge is 2.35. The van der Waals surface area contributed by atoms with Gasteiger partial charge in [0.15, 0.2) is 0 Å². The van der Waals surface area contributed by atoms with Crippen LogP contribution in [-0.2, 0) is 4.79 Å². The number of urea groups is 1. The largest absolute Gasteiger partial charge is 0.481 e. The van der Waals surface area contributed by atoms with Gasteiger partial charge in [-0.05, 0) is 43.9 Å². The number of likely N-dealkylation sites (tertiary alicyclic amines) is 2. The molecule has 1 N–H and O–H groups in total. The minimum atomic E-state index is -0.761. The highest BCUT2D eigenvalue weighted by atomic mass is 16.4. The van der Waals surface area contributed by atoms with Crippen LogP contribution in [-0.4, -0.2) is 52.6 Å². The van der Waals surface area contributed by atoms with Crippen LogP contribution < -0.4 is 0 Å². The first-order valence-electron chi connectivity index (χ1n) is 8.15. The van der Waals surface area contributed by atoms with Gasteiger partial charge in [-0.1, -0.05) is 13.8 Å². The van der Waals surface area contributed by atoms with Crippen LogP contribution in [0.3, 0.4) is 0 Å². The number of nitrogens with zero attached hydrogens (tertiary/aromatic N) is 2. The molecule has 2 heterocycles. The van der Waals surface area contributed by atoms with E-state index in [0.29, 0.717) is 18.4 Å². The van der Waals surface area contributed by atoms with E-state index in [-0.39, 0.29) is 24.4 Å². The van der Waals surface area contributed by atoms with Crippen molar-refractivity contribution in [3.63, 3.8) is 0 Å². The molecule has 0 radical (unpaired) electrons. The Labute approximate surface area is 127 Å². The Kier molecular flexibility index (Phi) is 5.12. The van der Waals surface area contributed by atoms with Crippen LogP contribution in [0.2, 0.25) is 0 Å². The lowest BCUT2D eigenvalue weighted by molar-refractivity contribution is -0.138. The van der Waals surface area contributed by atoms with Crippen LogP contribution in [0, 0.1) is 17.8 Å². The lowest BCUT2D eigenvalue weighted by Crippen LogP contribution is -2.55. The van der Waals surface area contributed by atoms with Crippen molar-refractivity contribution in [3.8, 4) is 0 Å². The number of piperidine rings is 2. The third-order valence-corrected chi connectivity index (χ3v) is 5.10. The number of carboxylic acids is 1. The van der Waals surface area contributed by atoms with Crippen molar-refractivity contribution in [2.75, 3.05) is 19.6 Å². The summed E-state index contributed by atoms with van der Waals surface area (Å²) in [7, 11) is 0. The second kappa shape index (κ2) is 6.67. The maximum Gasteiger partial charge on any atom is 0.320 e. The molecule has 2 fully saturated rings. The van der Waals surface area contributed by atoms with Gasteiger partial charge in [-0.2, -0.15) is 0 Å². The van der Waals surface area contributed by atoms with Crippen molar-refractivity contribution >= 4 is 12.0 Å². The second-order valence-electron chi connectivity index (χ2n) is 7.05. The van der Waals surface area contributed by atoms with Gasteiger partial charge in [0.1, 0.15) is 0 Å². The summed E-state index contributed by atoms with van der Waals surface area (Å²) in [6, 6.07) is 0.379. The zero-order valence-electron chi connectivity index (χ0n) is 13.4. The van der Waals surface area contributed by atoms with E-state index in [2.05, 4.69) is 20.8 Å². The third kappa shape index (κ3) is 3.89. The fourth-order valence-electron chi connectivity index (χ4n) is 3.80. The lowest BCUT2D eigenvalue weighted by atomic mass is 9.86. The number of carbonyl (C=O) groups excluding carboxylic acids is 1. The van der Waals surface area contributed by atoms with E-state index in [1.165, 1.54) is 6.42 Å². The molecule has 5 nitrogen and oxygen atoms in total. The van der Waals surface area contributed by atoms with Gasteiger partial charge < -0.3 is 14.9 Å². The summed E-state index contributed by atoms with van der Waals surface area (Å²) in [5.41, 5.74) is 0. The summed E-state index contributed by atoms with van der Waals surface area (Å²) in [6.07, 6.45) is 3.17. The first kappa shape index (κ1) is 16.1. The maximum absolute atomic E-state index is 12.8. The van der Waals surface area contributed by atoms with Crippen LogP contribution in [0.4, 0.5) is 4.79 Å². The van der Waals surface area contributed by atoms with Crippen molar-refractivity contribution in [1.29, 1.82) is 0 Å². The fourth-order valence-corrected chi connectivity index (χ4v) is 3.80. The van der Waals surface area contributed by atoms with Gasteiger partial charge >= 0.3 is 12.0 Å². The summed E-state index contributed by atoms with van der Waals surface area (Å²) in [4.78, 5) is 27.5. The average Bonchev–Trinajstić information content (AvgIpc) is 2.41. The highest BCUT2D eigenvalue weighted by molar-refractivity contribution is 5.75. The topological polar surface area (TPSA) is 60.9 Å². The Morgan fingerprint density at radius 1 is 1.19 bits per heavy atom. The molecule has 2 saturated heterocycles. The Morgan fingerprint density at radius 3 is 2.57 bits per heavy atom. The molecule has 0 aromatic carbocycles. The van der Waals surface area contributed by atoms with Crippen LogP contribution in [0.5, 0.6) is 0 Å². The quantitative estimate of drug-likeness (QED) is 0.852. The van der Waals surface area contributed by atoms with Crippen molar-refractivity contribution in [2.24, 2.45) is 17.8 Å². The Balaban J connectivity index is 1.99. The zero-order valence-corrected chi connectivity index (χ0v) is 13.4. The number of hydrogen-bond acceptors (Lipinski definition) is 2. The third-order valence-electron chi connectivity index (χ3n) is 5.10. The number of carbonyl (C=O) groups is 2. The van der Waals surface area contributed by atoms with Gasteiger partial charge in [0.2, 0.25) is 0 Å². The first-order chi connectivity index (χ1) is 9.88. The molecule has 4 unspecified atom stereocenters. The number of amides is 2. The number of rotatable bonds is 2. The predicted octanol–water partition coefficient (Wildman–Crippen LogP) is 2.66. The summed E-state index contributed by atoms with van der Waals surface area (Å²) in [5, 5.41) is 8.94. The molecule has 0 spiro atoms. The molecular weight excluding hydrogens is 268 g/mol. The van der Waals surface area contributed by atoms with E-state index in [9.17, 15) is 9.59 Å². The molecule has 0 aliphatic carbocycles. The molecule has 0 saturated carbocycles. The molecule has 2 amide bonds. The van der Waals surface area contributed by atoms with Gasteiger partial charge in [0.25, 0.3) is 0 Å². The molecule has 2 aliphatic heterocycles. The lowest BCUT2D eigenvalue weighted by Gasteiger charge is -2.44. The van der Waals surface area contributed by atoms with Gasteiger partial charge in [-0.25, -0.2) is 4.79 Å². The summed E-state index contributed by atoms with van der Waals surface area (Å²) in [5.74, 6) is 0.412. The minimum absolute atomic E-state index is 0.107. The molecule has 2 rings (SSSR count). The average molecular weight is 296 g/mol. The minimum Gasteiger partial charge on any atom is -0.481 e. The SMILES string of the molecule is CC1CC(C)C(C)N(C(=O)N2CCCC(CC(=O)O)C2)C1. The summed E-state index contributed by atoms with van der Waals surface area (Å²) < 4.78 is 0. The van der Waals surface area contributed by atoms with E-state index in [1.807, 2.05) is 9.80 Å². The maximum atomic E-state index is 12.8. The summed E-state index contributed by atoms with van der Waals surface area (Å²) in [6.45, 7) is 8.73. The molecule has 21 heavy (non-hydrogen) atoms. The van der Waals surface area contributed by atoms with E-state index in [0.717, 1.165) is 25.9 Å². The summed E-state index contributed by atoms with van der Waals surface area (Å²) >= 11 is 0. The molecule has 4 atom stereocenters. The van der Waals surface area contributed by atoms with Crippen molar-refractivity contribution in [1.82, 2.24) is 9.80 Å². The Hall–Kier alpha value is -1.26. The van der Waals surface area contributed by atoms with Crippen LogP contribution in [0.1, 0.15) is 46.5 Å². The van der Waals surface area contributed by atoms with Gasteiger partial charge in [0.05, 0.1) is 0 Å². The molecule has 0 aromatic rings. The van der Waals surface area contributed by atoms with E-state index >= 15 is 0 Å². The smallest absolute Gasteiger partial charge is 0.320 e. The molecular formula is C16H28N2O3. The number of aliphatic carboxylic acids is 1. The molecule has 120 valence electrons. The number of carboxylic acid groups (broad SMARTS) is 1. The van der Waals surface area contributed by atoms with Gasteiger partial charge in [0, 0.05) is 32.1 Å². The molecule has 2 aliphatic rings. The van der Waals surface area contributed by atoms with Gasteiger partial charge in [-0.15, -0.1) is 0 Å². The standard InChI is InChI=1S/C16H28N2O3/c1-11-7-12(2)13(3)18(9-11)16(21)17-6-4-5-14(10-17)8-15(19)20/h11-14H,4-10H2,1-3H3,(H,19,20). The molecule has 5 heteroatoms. The fraction of sp³-hybridized carbons (Fsp3) is 0.875. The predicted molar refractivity (Wildman–Crippen MR) is 81.1 cm³/mol. The van der Waals surface area contributed by atoms with Gasteiger partial charge in [-0.3, -0.25) is 4.79 Å². The monoisotopic (exact) mass is 296 g/mol. The zero-order chi connectivity index (χ0) is 15.6. The molecule has 0 bridgehead atoms. The van der Waals surface area contributed by atoms with Crippen molar-refractivity contribution in [2.45, 2.75) is 52.5 Å².